The molecule has 0 aromatic heterocycles. The Labute approximate surface area is 152 Å². The Hall–Kier alpha value is -1.98. The van der Waals surface area contributed by atoms with Crippen LogP contribution in [0, 0.1) is 0 Å². The maximum absolute atomic E-state index is 13.0. The van der Waals surface area contributed by atoms with Gasteiger partial charge in [-0.05, 0) is 37.5 Å². The SMILES string of the molecule is CSCC[C@@](C)(O)CNC(=O)C1c2ccccc2Oc2ccccc21. The number of aliphatic hydroxyl groups is 1. The molecule has 2 N–H and O–H groups in total. The lowest BCUT2D eigenvalue weighted by Gasteiger charge is -2.29. The standard InChI is InChI=1S/C20H23NO3S/c1-20(23,11-12-25-2)13-21-19(22)18-14-7-3-5-9-16(14)24-17-10-6-4-8-15(17)18/h3-10,18,23H,11-13H2,1-2H3,(H,21,22)/t20-/m1/s1. The first kappa shape index (κ1) is 17.8. The minimum absolute atomic E-state index is 0.118. The summed E-state index contributed by atoms with van der Waals surface area (Å²) < 4.78 is 5.92. The molecule has 1 aliphatic heterocycles. The van der Waals surface area contributed by atoms with Gasteiger partial charge in [-0.3, -0.25) is 4.79 Å². The first-order valence-electron chi connectivity index (χ1n) is 8.36. The third-order valence-electron chi connectivity index (χ3n) is 4.43. The Morgan fingerprint density at radius 2 is 1.72 bits per heavy atom. The van der Waals surface area contributed by atoms with E-state index in [9.17, 15) is 9.90 Å². The van der Waals surface area contributed by atoms with Gasteiger partial charge in [0.05, 0.1) is 11.5 Å². The van der Waals surface area contributed by atoms with Crippen molar-refractivity contribution in [2.45, 2.75) is 24.9 Å². The highest BCUT2D eigenvalue weighted by molar-refractivity contribution is 7.98. The van der Waals surface area contributed by atoms with Crippen LogP contribution in [-0.4, -0.2) is 35.2 Å². The molecular formula is C20H23NO3S. The lowest BCUT2D eigenvalue weighted by Crippen LogP contribution is -2.43. The lowest BCUT2D eigenvalue weighted by atomic mass is 9.87. The number of hydrogen-bond acceptors (Lipinski definition) is 4. The van der Waals surface area contributed by atoms with Crippen molar-refractivity contribution in [3.05, 3.63) is 59.7 Å². The fraction of sp³-hybridized carbons (Fsp3) is 0.350. The average molecular weight is 357 g/mol. The van der Waals surface area contributed by atoms with E-state index in [1.165, 1.54) is 0 Å². The van der Waals surface area contributed by atoms with Crippen molar-refractivity contribution in [1.82, 2.24) is 5.32 Å². The maximum Gasteiger partial charge on any atom is 0.232 e. The van der Waals surface area contributed by atoms with E-state index in [0.29, 0.717) is 17.9 Å². The number of carbonyl (C=O) groups excluding carboxylic acids is 1. The van der Waals surface area contributed by atoms with Crippen molar-refractivity contribution in [1.29, 1.82) is 0 Å². The first-order chi connectivity index (χ1) is 12.0. The van der Waals surface area contributed by atoms with Crippen molar-refractivity contribution in [2.75, 3.05) is 18.6 Å². The molecule has 0 fully saturated rings. The average Bonchev–Trinajstić information content (AvgIpc) is 2.62. The summed E-state index contributed by atoms with van der Waals surface area (Å²) >= 11 is 1.68. The summed E-state index contributed by atoms with van der Waals surface area (Å²) in [5.41, 5.74) is 0.785. The van der Waals surface area contributed by atoms with Crippen LogP contribution in [0.3, 0.4) is 0 Å². The summed E-state index contributed by atoms with van der Waals surface area (Å²) in [5, 5.41) is 13.4. The minimum atomic E-state index is -0.914. The third kappa shape index (κ3) is 3.99. The molecule has 25 heavy (non-hydrogen) atoms. The quantitative estimate of drug-likeness (QED) is 0.830. The number of hydrogen-bond donors (Lipinski definition) is 2. The summed E-state index contributed by atoms with van der Waals surface area (Å²) in [7, 11) is 0. The van der Waals surface area contributed by atoms with Gasteiger partial charge in [-0.1, -0.05) is 36.4 Å². The molecule has 1 amide bonds. The van der Waals surface area contributed by atoms with Crippen LogP contribution in [0.1, 0.15) is 30.4 Å². The predicted octanol–water partition coefficient (Wildman–Crippen LogP) is 3.54. The fourth-order valence-corrected chi connectivity index (χ4v) is 3.63. The van der Waals surface area contributed by atoms with Crippen LogP contribution in [0.2, 0.25) is 0 Å². The number of carbonyl (C=O) groups is 1. The van der Waals surface area contributed by atoms with Gasteiger partial charge >= 0.3 is 0 Å². The van der Waals surface area contributed by atoms with Gasteiger partial charge in [0.15, 0.2) is 0 Å². The molecule has 4 nitrogen and oxygen atoms in total. The van der Waals surface area contributed by atoms with Crippen molar-refractivity contribution >= 4 is 17.7 Å². The van der Waals surface area contributed by atoms with Gasteiger partial charge in [-0.15, -0.1) is 0 Å². The second kappa shape index (κ2) is 7.50. The van der Waals surface area contributed by atoms with Crippen molar-refractivity contribution in [2.24, 2.45) is 0 Å². The number of benzene rings is 2. The van der Waals surface area contributed by atoms with E-state index >= 15 is 0 Å². The Bertz CT molecular complexity index is 715. The molecule has 5 heteroatoms. The van der Waals surface area contributed by atoms with Crippen LogP contribution in [0.4, 0.5) is 0 Å². The zero-order valence-electron chi connectivity index (χ0n) is 14.5. The molecule has 2 aromatic carbocycles. The summed E-state index contributed by atoms with van der Waals surface area (Å²) in [5.74, 6) is 1.71. The highest BCUT2D eigenvalue weighted by atomic mass is 32.2. The number of thioether (sulfide) groups is 1. The molecule has 0 aliphatic carbocycles. The van der Waals surface area contributed by atoms with Gasteiger partial charge in [0.1, 0.15) is 11.5 Å². The van der Waals surface area contributed by atoms with Gasteiger partial charge in [0.2, 0.25) is 5.91 Å². The van der Waals surface area contributed by atoms with E-state index in [2.05, 4.69) is 5.32 Å². The van der Waals surface area contributed by atoms with E-state index < -0.39 is 11.5 Å². The van der Waals surface area contributed by atoms with Crippen LogP contribution < -0.4 is 10.1 Å². The van der Waals surface area contributed by atoms with E-state index in [-0.39, 0.29) is 12.5 Å². The summed E-state index contributed by atoms with van der Waals surface area (Å²) in [6.45, 7) is 1.99. The van der Waals surface area contributed by atoms with Crippen molar-refractivity contribution in [3.63, 3.8) is 0 Å². The zero-order valence-corrected chi connectivity index (χ0v) is 15.3. The van der Waals surface area contributed by atoms with Gasteiger partial charge in [-0.2, -0.15) is 11.8 Å². The third-order valence-corrected chi connectivity index (χ3v) is 5.04. The molecule has 2 aromatic rings. The molecule has 0 bridgehead atoms. The van der Waals surface area contributed by atoms with Crippen molar-refractivity contribution < 1.29 is 14.6 Å². The molecule has 0 saturated heterocycles. The zero-order chi connectivity index (χ0) is 17.9. The van der Waals surface area contributed by atoms with Crippen LogP contribution in [0.15, 0.2) is 48.5 Å². The van der Waals surface area contributed by atoms with Gasteiger partial charge in [-0.25, -0.2) is 0 Å². The largest absolute Gasteiger partial charge is 0.457 e. The molecule has 0 unspecified atom stereocenters. The highest BCUT2D eigenvalue weighted by Crippen LogP contribution is 2.43. The number of amides is 1. The molecule has 1 atom stereocenters. The Morgan fingerprint density at radius 1 is 1.16 bits per heavy atom. The van der Waals surface area contributed by atoms with Crippen molar-refractivity contribution in [3.8, 4) is 11.5 Å². The normalized spacial score (nSPS) is 15.5. The smallest absolute Gasteiger partial charge is 0.232 e. The number of rotatable bonds is 6. The molecule has 0 spiro atoms. The molecule has 0 radical (unpaired) electrons. The van der Waals surface area contributed by atoms with E-state index in [4.69, 9.17) is 4.74 Å². The van der Waals surface area contributed by atoms with Gasteiger partial charge < -0.3 is 15.2 Å². The van der Waals surface area contributed by atoms with E-state index in [1.807, 2.05) is 54.8 Å². The summed E-state index contributed by atoms with van der Waals surface area (Å²) in [6, 6.07) is 15.2. The van der Waals surface area contributed by atoms with E-state index in [1.54, 1.807) is 18.7 Å². The first-order valence-corrected chi connectivity index (χ1v) is 9.76. The molecular weight excluding hydrogens is 334 g/mol. The maximum atomic E-state index is 13.0. The number of ether oxygens (including phenoxy) is 1. The van der Waals surface area contributed by atoms with Crippen LogP contribution in [0.5, 0.6) is 11.5 Å². The van der Waals surface area contributed by atoms with Gasteiger partial charge in [0.25, 0.3) is 0 Å². The van der Waals surface area contributed by atoms with E-state index in [0.717, 1.165) is 16.9 Å². The van der Waals surface area contributed by atoms with Gasteiger partial charge in [0, 0.05) is 17.7 Å². The minimum Gasteiger partial charge on any atom is -0.457 e. The Morgan fingerprint density at radius 3 is 2.28 bits per heavy atom. The number of para-hydroxylation sites is 2. The predicted molar refractivity (Wildman–Crippen MR) is 101 cm³/mol. The number of fused-ring (bicyclic) bond motifs is 2. The molecule has 0 saturated carbocycles. The fourth-order valence-electron chi connectivity index (χ4n) is 2.98. The number of nitrogens with one attached hydrogen (secondary N) is 1. The Balaban J connectivity index is 1.83. The van der Waals surface area contributed by atoms with Crippen LogP contribution in [-0.2, 0) is 4.79 Å². The topological polar surface area (TPSA) is 58.6 Å². The molecule has 1 heterocycles. The summed E-state index contributed by atoms with van der Waals surface area (Å²) in [4.78, 5) is 13.0. The highest BCUT2D eigenvalue weighted by Gasteiger charge is 2.33. The summed E-state index contributed by atoms with van der Waals surface area (Å²) in [6.07, 6.45) is 2.64. The molecule has 132 valence electrons. The van der Waals surface area contributed by atoms with Crippen LogP contribution >= 0.6 is 11.8 Å². The monoisotopic (exact) mass is 357 g/mol. The second-order valence-corrected chi connectivity index (χ2v) is 7.55. The molecule has 3 rings (SSSR count). The lowest BCUT2D eigenvalue weighted by molar-refractivity contribution is -0.123. The molecule has 1 aliphatic rings. The Kier molecular flexibility index (Phi) is 5.35. The second-order valence-electron chi connectivity index (χ2n) is 6.57. The van der Waals surface area contributed by atoms with Crippen LogP contribution in [0.25, 0.3) is 0 Å².